The van der Waals surface area contributed by atoms with Crippen LogP contribution in [0, 0.1) is 16.0 Å². The third-order valence-electron chi connectivity index (χ3n) is 3.81. The molecule has 0 heterocycles. The molecule has 0 bridgehead atoms. The molecule has 2 N–H and O–H groups in total. The van der Waals surface area contributed by atoms with E-state index in [2.05, 4.69) is 25.7 Å². The van der Waals surface area contributed by atoms with Crippen LogP contribution >= 0.6 is 0 Å². The first-order valence-corrected chi connectivity index (χ1v) is 7.26. The number of nitro groups is 1. The Morgan fingerprint density at radius 1 is 1.30 bits per heavy atom. The van der Waals surface area contributed by atoms with Gasteiger partial charge in [-0.15, -0.1) is 0 Å². The van der Waals surface area contributed by atoms with Gasteiger partial charge < -0.3 is 5.73 Å². The second kappa shape index (κ2) is 7.85. The molecule has 0 fully saturated rings. The fourth-order valence-corrected chi connectivity index (χ4v) is 2.34. The van der Waals surface area contributed by atoms with E-state index in [4.69, 9.17) is 5.73 Å². The van der Waals surface area contributed by atoms with E-state index in [9.17, 15) is 10.1 Å². The summed E-state index contributed by atoms with van der Waals surface area (Å²) in [5, 5.41) is 10.7. The number of nitro benzene ring substituents is 1. The first kappa shape index (κ1) is 16.4. The molecular formula is C15H25N3O2. The molecule has 0 aromatic heterocycles. The summed E-state index contributed by atoms with van der Waals surface area (Å²) < 4.78 is 0. The Bertz CT molecular complexity index is 445. The lowest BCUT2D eigenvalue weighted by Crippen LogP contribution is -2.28. The Morgan fingerprint density at radius 3 is 2.40 bits per heavy atom. The molecule has 0 spiro atoms. The Hall–Kier alpha value is -1.62. The van der Waals surface area contributed by atoms with Crippen LogP contribution in [-0.2, 0) is 6.54 Å². The Kier molecular flexibility index (Phi) is 6.45. The minimum Gasteiger partial charge on any atom is -0.393 e. The lowest BCUT2D eigenvalue weighted by molar-refractivity contribution is -0.383. The van der Waals surface area contributed by atoms with E-state index in [-0.39, 0.29) is 11.4 Å². The standard InChI is InChI=1S/C15H25N3O2/c1-4-12(5-2)10-17(6-3)11-13-7-8-15(18(19)20)14(16)9-13/h7-9,12H,4-6,10-11,16H2,1-3H3. The van der Waals surface area contributed by atoms with Crippen LogP contribution in [0.5, 0.6) is 0 Å². The first-order valence-electron chi connectivity index (χ1n) is 7.26. The highest BCUT2D eigenvalue weighted by atomic mass is 16.6. The van der Waals surface area contributed by atoms with E-state index in [1.165, 1.54) is 18.9 Å². The highest BCUT2D eigenvalue weighted by molar-refractivity contribution is 5.59. The van der Waals surface area contributed by atoms with Crippen molar-refractivity contribution in [2.75, 3.05) is 18.8 Å². The molecule has 1 aromatic carbocycles. The van der Waals surface area contributed by atoms with Crippen molar-refractivity contribution in [2.24, 2.45) is 5.92 Å². The predicted octanol–water partition coefficient (Wildman–Crippen LogP) is 3.44. The number of hydrogen-bond donors (Lipinski definition) is 1. The maximum atomic E-state index is 10.7. The highest BCUT2D eigenvalue weighted by Gasteiger charge is 2.14. The summed E-state index contributed by atoms with van der Waals surface area (Å²) in [5.74, 6) is 0.699. The molecule has 0 unspecified atom stereocenters. The lowest BCUT2D eigenvalue weighted by Gasteiger charge is -2.25. The topological polar surface area (TPSA) is 72.4 Å². The van der Waals surface area contributed by atoms with Gasteiger partial charge in [0, 0.05) is 19.2 Å². The van der Waals surface area contributed by atoms with Gasteiger partial charge in [-0.2, -0.15) is 0 Å². The Labute approximate surface area is 120 Å². The Balaban J connectivity index is 2.75. The number of rotatable bonds is 8. The minimum atomic E-state index is -0.444. The summed E-state index contributed by atoms with van der Waals surface area (Å²) in [6, 6.07) is 5.01. The van der Waals surface area contributed by atoms with Gasteiger partial charge >= 0.3 is 0 Å². The maximum Gasteiger partial charge on any atom is 0.292 e. The zero-order valence-electron chi connectivity index (χ0n) is 12.6. The van der Waals surface area contributed by atoms with Crippen molar-refractivity contribution >= 4 is 11.4 Å². The van der Waals surface area contributed by atoms with Crippen LogP contribution in [0.1, 0.15) is 39.2 Å². The van der Waals surface area contributed by atoms with Gasteiger partial charge in [0.2, 0.25) is 0 Å². The van der Waals surface area contributed by atoms with Crippen LogP contribution in [0.25, 0.3) is 0 Å². The lowest BCUT2D eigenvalue weighted by atomic mass is 10.0. The van der Waals surface area contributed by atoms with Gasteiger partial charge in [0.1, 0.15) is 5.69 Å². The summed E-state index contributed by atoms with van der Waals surface area (Å²) in [6.45, 7) is 9.37. The quantitative estimate of drug-likeness (QED) is 0.449. The van der Waals surface area contributed by atoms with Gasteiger partial charge in [-0.25, -0.2) is 0 Å². The summed E-state index contributed by atoms with van der Waals surface area (Å²) in [4.78, 5) is 12.7. The molecule has 0 atom stereocenters. The molecule has 0 aliphatic carbocycles. The second-order valence-electron chi connectivity index (χ2n) is 5.16. The average Bonchev–Trinajstić information content (AvgIpc) is 2.43. The number of nitrogens with two attached hydrogens (primary N) is 1. The molecule has 0 radical (unpaired) electrons. The van der Waals surface area contributed by atoms with Crippen molar-refractivity contribution in [2.45, 2.75) is 40.2 Å². The van der Waals surface area contributed by atoms with Crippen molar-refractivity contribution < 1.29 is 4.92 Å². The molecule has 5 nitrogen and oxygen atoms in total. The van der Waals surface area contributed by atoms with Crippen LogP contribution < -0.4 is 5.73 Å². The smallest absolute Gasteiger partial charge is 0.292 e. The van der Waals surface area contributed by atoms with Gasteiger partial charge in [0.15, 0.2) is 0 Å². The normalized spacial score (nSPS) is 11.2. The number of benzene rings is 1. The van der Waals surface area contributed by atoms with Crippen LogP contribution in [0.4, 0.5) is 11.4 Å². The third kappa shape index (κ3) is 4.49. The fraction of sp³-hybridized carbons (Fsp3) is 0.600. The number of nitrogens with zero attached hydrogens (tertiary/aromatic N) is 2. The molecule has 112 valence electrons. The van der Waals surface area contributed by atoms with Crippen molar-refractivity contribution in [1.82, 2.24) is 4.90 Å². The average molecular weight is 279 g/mol. The van der Waals surface area contributed by atoms with Gasteiger partial charge in [-0.1, -0.05) is 39.7 Å². The number of anilines is 1. The van der Waals surface area contributed by atoms with E-state index in [1.54, 1.807) is 12.1 Å². The van der Waals surface area contributed by atoms with Crippen LogP contribution in [0.2, 0.25) is 0 Å². The van der Waals surface area contributed by atoms with Crippen LogP contribution in [0.3, 0.4) is 0 Å². The minimum absolute atomic E-state index is 0.0169. The van der Waals surface area contributed by atoms with E-state index in [0.29, 0.717) is 5.92 Å². The summed E-state index contributed by atoms with van der Waals surface area (Å²) >= 11 is 0. The summed E-state index contributed by atoms with van der Waals surface area (Å²) in [5.41, 5.74) is 6.99. The van der Waals surface area contributed by atoms with Gasteiger partial charge in [-0.05, 0) is 24.1 Å². The van der Waals surface area contributed by atoms with Crippen molar-refractivity contribution in [3.63, 3.8) is 0 Å². The monoisotopic (exact) mass is 279 g/mol. The van der Waals surface area contributed by atoms with E-state index < -0.39 is 4.92 Å². The zero-order chi connectivity index (χ0) is 15.1. The number of nitrogen functional groups attached to an aromatic ring is 1. The number of hydrogen-bond acceptors (Lipinski definition) is 4. The zero-order valence-corrected chi connectivity index (χ0v) is 12.6. The molecule has 0 aliphatic heterocycles. The molecule has 0 amide bonds. The summed E-state index contributed by atoms with van der Waals surface area (Å²) in [6.07, 6.45) is 2.35. The molecule has 5 heteroatoms. The SMILES string of the molecule is CCC(CC)CN(CC)Cc1ccc([N+](=O)[O-])c(N)c1. The van der Waals surface area contributed by atoms with E-state index in [0.717, 1.165) is 25.2 Å². The van der Waals surface area contributed by atoms with Crippen molar-refractivity contribution in [1.29, 1.82) is 0 Å². The largest absolute Gasteiger partial charge is 0.393 e. The molecule has 20 heavy (non-hydrogen) atoms. The maximum absolute atomic E-state index is 10.7. The second-order valence-corrected chi connectivity index (χ2v) is 5.16. The first-order chi connectivity index (χ1) is 9.51. The van der Waals surface area contributed by atoms with Crippen molar-refractivity contribution in [3.8, 4) is 0 Å². The van der Waals surface area contributed by atoms with Gasteiger partial charge in [-0.3, -0.25) is 15.0 Å². The molecule has 0 saturated carbocycles. The third-order valence-corrected chi connectivity index (χ3v) is 3.81. The van der Waals surface area contributed by atoms with E-state index >= 15 is 0 Å². The van der Waals surface area contributed by atoms with Crippen LogP contribution in [-0.4, -0.2) is 22.9 Å². The van der Waals surface area contributed by atoms with Gasteiger partial charge in [0.25, 0.3) is 5.69 Å². The molecule has 0 aliphatic rings. The molecular weight excluding hydrogens is 254 g/mol. The van der Waals surface area contributed by atoms with Crippen LogP contribution in [0.15, 0.2) is 18.2 Å². The fourth-order valence-electron chi connectivity index (χ4n) is 2.34. The van der Waals surface area contributed by atoms with E-state index in [1.807, 2.05) is 0 Å². The Morgan fingerprint density at radius 2 is 1.95 bits per heavy atom. The summed E-state index contributed by atoms with van der Waals surface area (Å²) in [7, 11) is 0. The highest BCUT2D eigenvalue weighted by Crippen LogP contribution is 2.23. The molecule has 1 aromatic rings. The predicted molar refractivity (Wildman–Crippen MR) is 82.5 cm³/mol. The molecule has 0 saturated heterocycles. The molecule has 1 rings (SSSR count). The van der Waals surface area contributed by atoms with Crippen molar-refractivity contribution in [3.05, 3.63) is 33.9 Å². The van der Waals surface area contributed by atoms with Gasteiger partial charge in [0.05, 0.1) is 4.92 Å².